The number of likely N-dealkylation sites (N-methyl/N-ethyl adjacent to an activating group) is 1. The number of ether oxygens (including phenoxy) is 1. The summed E-state index contributed by atoms with van der Waals surface area (Å²) in [5, 5.41) is 12.2. The number of esters is 1. The molecule has 1 aliphatic rings. The molecule has 1 fully saturated rings. The Morgan fingerprint density at radius 1 is 1.28 bits per heavy atom. The average molecular weight is 405 g/mol. The molecule has 158 valence electrons. The lowest BCUT2D eigenvalue weighted by molar-refractivity contribution is -0.148. The van der Waals surface area contributed by atoms with Crippen molar-refractivity contribution in [2.24, 2.45) is 0 Å². The molecule has 1 heterocycles. The zero-order valence-corrected chi connectivity index (χ0v) is 16.8. The number of hydrogen-bond acceptors (Lipinski definition) is 6. The van der Waals surface area contributed by atoms with Gasteiger partial charge in [-0.1, -0.05) is 30.3 Å². The van der Waals surface area contributed by atoms with Crippen molar-refractivity contribution in [1.29, 1.82) is 0 Å². The summed E-state index contributed by atoms with van der Waals surface area (Å²) in [5.74, 6) is -2.45. The largest absolute Gasteiger partial charge is 0.480 e. The molecule has 0 saturated carbocycles. The van der Waals surface area contributed by atoms with E-state index in [1.807, 2.05) is 30.3 Å². The standard InChI is InChI=1S/C20H27N3O6/c1-4-29-19(27)15(11-10-14-8-6-5-7-9-14)21-13(2)17(24)23-16(18(25)26)12-22(3)20(23)28/h5-9,13,15-16,21H,4,10-12H2,1-3H3,(H,25,26)/t13-,15?,16-/m0/s1. The fourth-order valence-electron chi connectivity index (χ4n) is 3.22. The first-order valence-corrected chi connectivity index (χ1v) is 9.53. The Balaban J connectivity index is 2.09. The number of amides is 3. The molecule has 1 aliphatic heterocycles. The van der Waals surface area contributed by atoms with E-state index in [9.17, 15) is 24.3 Å². The van der Waals surface area contributed by atoms with Crippen LogP contribution in [0.2, 0.25) is 0 Å². The van der Waals surface area contributed by atoms with Gasteiger partial charge in [0.1, 0.15) is 6.04 Å². The van der Waals surface area contributed by atoms with Gasteiger partial charge in [0.15, 0.2) is 6.04 Å². The van der Waals surface area contributed by atoms with Gasteiger partial charge in [-0.3, -0.25) is 14.9 Å². The van der Waals surface area contributed by atoms with E-state index in [0.29, 0.717) is 12.8 Å². The third-order valence-electron chi connectivity index (χ3n) is 4.77. The predicted molar refractivity (Wildman–Crippen MR) is 104 cm³/mol. The highest BCUT2D eigenvalue weighted by Crippen LogP contribution is 2.17. The molecule has 0 spiro atoms. The van der Waals surface area contributed by atoms with Gasteiger partial charge in [-0.25, -0.2) is 14.5 Å². The zero-order chi connectivity index (χ0) is 21.6. The molecule has 1 saturated heterocycles. The Morgan fingerprint density at radius 3 is 2.52 bits per heavy atom. The van der Waals surface area contributed by atoms with Crippen LogP contribution in [0.4, 0.5) is 4.79 Å². The number of aliphatic carboxylic acids is 1. The maximum absolute atomic E-state index is 12.8. The van der Waals surface area contributed by atoms with Gasteiger partial charge >= 0.3 is 18.0 Å². The van der Waals surface area contributed by atoms with Crippen molar-refractivity contribution in [3.05, 3.63) is 35.9 Å². The van der Waals surface area contributed by atoms with Crippen LogP contribution in [0, 0.1) is 0 Å². The lowest BCUT2D eigenvalue weighted by Gasteiger charge is -2.26. The van der Waals surface area contributed by atoms with E-state index in [2.05, 4.69) is 5.32 Å². The second-order valence-electron chi connectivity index (χ2n) is 6.94. The van der Waals surface area contributed by atoms with E-state index in [1.165, 1.54) is 18.9 Å². The van der Waals surface area contributed by atoms with Crippen molar-refractivity contribution in [3.63, 3.8) is 0 Å². The van der Waals surface area contributed by atoms with Crippen LogP contribution in [0.15, 0.2) is 30.3 Å². The quantitative estimate of drug-likeness (QED) is 0.586. The molecule has 0 aromatic heterocycles. The number of urea groups is 1. The third kappa shape index (κ3) is 5.54. The molecule has 2 N–H and O–H groups in total. The number of carbonyl (C=O) groups is 4. The minimum atomic E-state index is -1.26. The van der Waals surface area contributed by atoms with E-state index in [4.69, 9.17) is 4.74 Å². The van der Waals surface area contributed by atoms with Gasteiger partial charge in [0.25, 0.3) is 0 Å². The van der Waals surface area contributed by atoms with Gasteiger partial charge in [0.05, 0.1) is 19.2 Å². The molecule has 1 unspecified atom stereocenters. The lowest BCUT2D eigenvalue weighted by Crippen LogP contribution is -2.54. The summed E-state index contributed by atoms with van der Waals surface area (Å²) in [4.78, 5) is 50.8. The van der Waals surface area contributed by atoms with E-state index < -0.39 is 42.0 Å². The van der Waals surface area contributed by atoms with Crippen LogP contribution in [0.25, 0.3) is 0 Å². The van der Waals surface area contributed by atoms with Crippen molar-refractivity contribution in [1.82, 2.24) is 15.1 Å². The van der Waals surface area contributed by atoms with Gasteiger partial charge < -0.3 is 14.7 Å². The highest BCUT2D eigenvalue weighted by molar-refractivity contribution is 6.02. The fourth-order valence-corrected chi connectivity index (χ4v) is 3.22. The van der Waals surface area contributed by atoms with Crippen LogP contribution in [0.3, 0.4) is 0 Å². The number of aryl methyl sites for hydroxylation is 1. The summed E-state index contributed by atoms with van der Waals surface area (Å²) >= 11 is 0. The molecule has 1 aromatic carbocycles. The van der Waals surface area contributed by atoms with Crippen LogP contribution < -0.4 is 5.32 Å². The summed E-state index contributed by atoms with van der Waals surface area (Å²) in [7, 11) is 1.44. The Labute approximate surface area is 169 Å². The minimum Gasteiger partial charge on any atom is -0.480 e. The number of benzene rings is 1. The summed E-state index contributed by atoms with van der Waals surface area (Å²) in [6.07, 6.45) is 0.970. The topological polar surface area (TPSA) is 116 Å². The van der Waals surface area contributed by atoms with E-state index >= 15 is 0 Å². The Bertz CT molecular complexity index is 754. The van der Waals surface area contributed by atoms with E-state index in [0.717, 1.165) is 10.5 Å². The average Bonchev–Trinajstić information content (AvgIpc) is 3.00. The number of carbonyl (C=O) groups excluding carboxylic acids is 3. The first-order chi connectivity index (χ1) is 13.8. The highest BCUT2D eigenvalue weighted by Gasteiger charge is 2.45. The first kappa shape index (κ1) is 22.4. The number of carboxylic acids is 1. The SMILES string of the molecule is CCOC(=O)C(CCc1ccccc1)N[C@@H](C)C(=O)N1C(=O)N(C)C[C@H]1C(=O)O. The molecule has 0 aliphatic carbocycles. The molecule has 0 radical (unpaired) electrons. The zero-order valence-electron chi connectivity index (χ0n) is 16.8. The Hall–Kier alpha value is -2.94. The molecule has 9 heteroatoms. The molecule has 9 nitrogen and oxygen atoms in total. The Morgan fingerprint density at radius 2 is 1.93 bits per heavy atom. The number of hydrogen-bond donors (Lipinski definition) is 2. The first-order valence-electron chi connectivity index (χ1n) is 9.53. The van der Waals surface area contributed by atoms with Crippen LogP contribution in [-0.4, -0.2) is 77.1 Å². The summed E-state index contributed by atoms with van der Waals surface area (Å²) in [5.41, 5.74) is 1.03. The maximum Gasteiger partial charge on any atom is 0.328 e. The number of nitrogens with one attached hydrogen (secondary N) is 1. The Kier molecular flexibility index (Phi) is 7.72. The predicted octanol–water partition coefficient (Wildman–Crippen LogP) is 0.876. The van der Waals surface area contributed by atoms with E-state index in [1.54, 1.807) is 6.92 Å². The molecule has 29 heavy (non-hydrogen) atoms. The second-order valence-corrected chi connectivity index (χ2v) is 6.94. The lowest BCUT2D eigenvalue weighted by atomic mass is 10.0. The number of imide groups is 1. The van der Waals surface area contributed by atoms with Crippen molar-refractivity contribution < 1.29 is 29.0 Å². The van der Waals surface area contributed by atoms with Crippen LogP contribution >= 0.6 is 0 Å². The number of carboxylic acid groups (broad SMARTS) is 1. The van der Waals surface area contributed by atoms with Gasteiger partial charge in [0.2, 0.25) is 5.91 Å². The van der Waals surface area contributed by atoms with Crippen LogP contribution in [-0.2, 0) is 25.5 Å². The molecule has 2 rings (SSSR count). The molecule has 3 atom stereocenters. The molecule has 1 aromatic rings. The summed E-state index contributed by atoms with van der Waals surface area (Å²) in [6.45, 7) is 3.31. The van der Waals surface area contributed by atoms with Crippen molar-refractivity contribution in [2.45, 2.75) is 44.8 Å². The van der Waals surface area contributed by atoms with Gasteiger partial charge in [0, 0.05) is 7.05 Å². The van der Waals surface area contributed by atoms with Crippen LogP contribution in [0.1, 0.15) is 25.8 Å². The van der Waals surface area contributed by atoms with E-state index in [-0.39, 0.29) is 13.2 Å². The summed E-state index contributed by atoms with van der Waals surface area (Å²) in [6, 6.07) is 5.92. The third-order valence-corrected chi connectivity index (χ3v) is 4.77. The normalized spacial score (nSPS) is 18.4. The fraction of sp³-hybridized carbons (Fsp3) is 0.500. The highest BCUT2D eigenvalue weighted by atomic mass is 16.5. The molecular formula is C20H27N3O6. The smallest absolute Gasteiger partial charge is 0.328 e. The van der Waals surface area contributed by atoms with Gasteiger partial charge in [-0.15, -0.1) is 0 Å². The van der Waals surface area contributed by atoms with Crippen molar-refractivity contribution >= 4 is 23.9 Å². The van der Waals surface area contributed by atoms with Gasteiger partial charge in [-0.05, 0) is 32.3 Å². The van der Waals surface area contributed by atoms with Crippen LogP contribution in [0.5, 0.6) is 0 Å². The maximum atomic E-state index is 12.8. The molecular weight excluding hydrogens is 378 g/mol. The van der Waals surface area contributed by atoms with Crippen molar-refractivity contribution in [2.75, 3.05) is 20.2 Å². The van der Waals surface area contributed by atoms with Crippen molar-refractivity contribution in [3.8, 4) is 0 Å². The van der Waals surface area contributed by atoms with Gasteiger partial charge in [-0.2, -0.15) is 0 Å². The summed E-state index contributed by atoms with van der Waals surface area (Å²) < 4.78 is 5.10. The minimum absolute atomic E-state index is 0.0814. The second kappa shape index (κ2) is 10.0. The monoisotopic (exact) mass is 405 g/mol. The number of rotatable bonds is 9. The number of nitrogens with zero attached hydrogens (tertiary/aromatic N) is 2. The molecule has 3 amide bonds. The molecule has 0 bridgehead atoms.